The van der Waals surface area contributed by atoms with Crippen LogP contribution in [0.15, 0.2) is 24.3 Å². The fraction of sp³-hybridized carbons (Fsp3) is 0.400. The minimum absolute atomic E-state index is 0.158. The lowest BCUT2D eigenvalue weighted by Gasteiger charge is -2.23. The number of benzene rings is 1. The summed E-state index contributed by atoms with van der Waals surface area (Å²) < 4.78 is 5.74. The number of amides is 3. The van der Waals surface area contributed by atoms with E-state index in [2.05, 4.69) is 10.6 Å². The minimum Gasteiger partial charge on any atom is -0.454 e. The van der Waals surface area contributed by atoms with Crippen LogP contribution in [0.2, 0.25) is 5.02 Å². The third-order valence-corrected chi connectivity index (χ3v) is 5.49. The molecule has 0 saturated heterocycles. The predicted octanol–water partition coefficient (Wildman–Crippen LogP) is 2.20. The molecule has 10 heteroatoms. The van der Waals surface area contributed by atoms with Gasteiger partial charge in [0.05, 0.1) is 11.6 Å². The van der Waals surface area contributed by atoms with Crippen LogP contribution in [0.1, 0.15) is 30.4 Å². The molecule has 162 valence electrons. The zero-order valence-corrected chi connectivity index (χ0v) is 18.8. The van der Waals surface area contributed by atoms with Gasteiger partial charge in [-0.1, -0.05) is 29.8 Å². The highest BCUT2D eigenvalue weighted by molar-refractivity contribution is 7.21. The summed E-state index contributed by atoms with van der Waals surface area (Å²) in [6.45, 7) is 4.38. The van der Waals surface area contributed by atoms with Crippen molar-refractivity contribution in [1.82, 2.24) is 15.5 Å². The molecule has 0 aliphatic rings. The van der Waals surface area contributed by atoms with Crippen LogP contribution < -0.4 is 10.6 Å². The van der Waals surface area contributed by atoms with Gasteiger partial charge in [0.15, 0.2) is 6.61 Å². The first-order chi connectivity index (χ1) is 14.0. The summed E-state index contributed by atoms with van der Waals surface area (Å²) in [4.78, 5) is 49.5. The van der Waals surface area contributed by atoms with E-state index in [0.29, 0.717) is 9.90 Å². The van der Waals surface area contributed by atoms with Gasteiger partial charge >= 0.3 is 5.97 Å². The zero-order chi connectivity index (χ0) is 22.5. The maximum Gasteiger partial charge on any atom is 0.325 e. The molecule has 0 unspecified atom stereocenters. The van der Waals surface area contributed by atoms with Crippen LogP contribution in [0.3, 0.4) is 0 Å². The Morgan fingerprint density at radius 1 is 1.17 bits per heavy atom. The predicted molar refractivity (Wildman–Crippen MR) is 116 cm³/mol. The van der Waals surface area contributed by atoms with Crippen LogP contribution in [0.5, 0.6) is 0 Å². The monoisotopic (exact) mass is 453 g/mol. The maximum atomic E-state index is 12.3. The topological polar surface area (TPSA) is 105 Å². The van der Waals surface area contributed by atoms with Crippen LogP contribution in [0.4, 0.5) is 0 Å². The van der Waals surface area contributed by atoms with Gasteiger partial charge in [0.1, 0.15) is 11.4 Å². The number of carbonyl (C=O) groups is 4. The molecule has 0 fully saturated rings. The molecule has 0 aliphatic heterocycles. The molecule has 0 aliphatic carbocycles. The largest absolute Gasteiger partial charge is 0.454 e. The third kappa shape index (κ3) is 6.70. The normalized spacial score (nSPS) is 11.1. The van der Waals surface area contributed by atoms with Gasteiger partial charge in [-0.05, 0) is 26.8 Å². The summed E-state index contributed by atoms with van der Waals surface area (Å²) >= 11 is 7.46. The number of esters is 1. The third-order valence-electron chi connectivity index (χ3n) is 3.81. The number of ether oxygens (including phenoxy) is 1. The van der Waals surface area contributed by atoms with E-state index in [1.807, 2.05) is 45.0 Å². The number of carbonyl (C=O) groups excluding carboxylic acids is 4. The van der Waals surface area contributed by atoms with E-state index < -0.39 is 36.5 Å². The number of hydrogen-bond acceptors (Lipinski definition) is 6. The van der Waals surface area contributed by atoms with E-state index in [0.717, 1.165) is 15.0 Å². The van der Waals surface area contributed by atoms with Crippen molar-refractivity contribution < 1.29 is 23.9 Å². The van der Waals surface area contributed by atoms with E-state index in [4.69, 9.17) is 16.3 Å². The Bertz CT molecular complexity index is 967. The second kappa shape index (κ2) is 9.90. The van der Waals surface area contributed by atoms with Gasteiger partial charge in [0, 0.05) is 22.7 Å². The molecule has 2 rings (SSSR count). The van der Waals surface area contributed by atoms with E-state index in [9.17, 15) is 19.2 Å². The Morgan fingerprint density at radius 2 is 1.83 bits per heavy atom. The number of hydrogen-bond donors (Lipinski definition) is 2. The van der Waals surface area contributed by atoms with Crippen molar-refractivity contribution in [2.45, 2.75) is 26.3 Å². The standard InChI is InChI=1S/C20H24ClN3O5S/c1-20(2,3)23-14(25)10-24(4)15(26)11-29-16(27)9-22-19(28)18-17(21)12-7-5-6-8-13(12)30-18/h5-8H,9-11H2,1-4H3,(H,22,28)(H,23,25). The summed E-state index contributed by atoms with van der Waals surface area (Å²) in [5, 5.41) is 6.26. The van der Waals surface area contributed by atoms with Gasteiger partial charge in [-0.3, -0.25) is 19.2 Å². The highest BCUT2D eigenvalue weighted by Gasteiger charge is 2.20. The summed E-state index contributed by atoms with van der Waals surface area (Å²) in [5.74, 6) is -2.13. The molecule has 1 aromatic carbocycles. The number of nitrogens with one attached hydrogen (secondary N) is 2. The quantitative estimate of drug-likeness (QED) is 0.625. The molecule has 8 nitrogen and oxygen atoms in total. The van der Waals surface area contributed by atoms with E-state index in [1.165, 1.54) is 18.4 Å². The van der Waals surface area contributed by atoms with Crippen LogP contribution in [-0.2, 0) is 19.1 Å². The van der Waals surface area contributed by atoms with Crippen LogP contribution in [-0.4, -0.2) is 60.9 Å². The van der Waals surface area contributed by atoms with Crippen molar-refractivity contribution >= 4 is 56.7 Å². The Kier molecular flexibility index (Phi) is 7.80. The van der Waals surface area contributed by atoms with Crippen LogP contribution in [0, 0.1) is 0 Å². The molecular formula is C20H24ClN3O5S. The average Bonchev–Trinajstić information content (AvgIpc) is 2.99. The number of halogens is 1. The molecular weight excluding hydrogens is 430 g/mol. The summed E-state index contributed by atoms with van der Waals surface area (Å²) in [5.41, 5.74) is -0.414. The Labute approximate surface area is 183 Å². The van der Waals surface area contributed by atoms with Crippen molar-refractivity contribution in [3.05, 3.63) is 34.2 Å². The van der Waals surface area contributed by atoms with Crippen molar-refractivity contribution in [2.75, 3.05) is 26.7 Å². The Hall–Kier alpha value is -2.65. The number of thiophene rings is 1. The van der Waals surface area contributed by atoms with Crippen LogP contribution >= 0.6 is 22.9 Å². The maximum absolute atomic E-state index is 12.3. The lowest BCUT2D eigenvalue weighted by molar-refractivity contribution is -0.151. The van der Waals surface area contributed by atoms with E-state index in [-0.39, 0.29) is 12.5 Å². The number of likely N-dealkylation sites (N-methyl/N-ethyl adjacent to an activating group) is 1. The second-order valence-electron chi connectivity index (χ2n) is 7.63. The molecule has 30 heavy (non-hydrogen) atoms. The second-order valence-corrected chi connectivity index (χ2v) is 9.06. The molecule has 1 aromatic heterocycles. The lowest BCUT2D eigenvalue weighted by Crippen LogP contribution is -2.47. The number of nitrogens with zero attached hydrogens (tertiary/aromatic N) is 1. The lowest BCUT2D eigenvalue weighted by atomic mass is 10.1. The van der Waals surface area contributed by atoms with Gasteiger partial charge in [-0.25, -0.2) is 0 Å². The average molecular weight is 454 g/mol. The van der Waals surface area contributed by atoms with Gasteiger partial charge in [-0.15, -0.1) is 11.3 Å². The smallest absolute Gasteiger partial charge is 0.325 e. The van der Waals surface area contributed by atoms with E-state index in [1.54, 1.807) is 0 Å². The zero-order valence-electron chi connectivity index (χ0n) is 17.2. The van der Waals surface area contributed by atoms with Crippen molar-refractivity contribution in [1.29, 1.82) is 0 Å². The Morgan fingerprint density at radius 3 is 2.47 bits per heavy atom. The molecule has 3 amide bonds. The van der Waals surface area contributed by atoms with Crippen LogP contribution in [0.25, 0.3) is 10.1 Å². The molecule has 0 saturated carbocycles. The molecule has 2 N–H and O–H groups in total. The molecule has 1 heterocycles. The fourth-order valence-corrected chi connectivity index (χ4v) is 3.89. The van der Waals surface area contributed by atoms with E-state index >= 15 is 0 Å². The summed E-state index contributed by atoms with van der Waals surface area (Å²) in [6, 6.07) is 7.32. The molecule has 0 atom stereocenters. The summed E-state index contributed by atoms with van der Waals surface area (Å²) in [6.07, 6.45) is 0. The molecule has 0 radical (unpaired) electrons. The molecule has 2 aromatic rings. The molecule has 0 spiro atoms. The van der Waals surface area contributed by atoms with Crippen molar-refractivity contribution in [3.8, 4) is 0 Å². The van der Waals surface area contributed by atoms with Crippen molar-refractivity contribution in [2.24, 2.45) is 0 Å². The van der Waals surface area contributed by atoms with Gasteiger partial charge in [-0.2, -0.15) is 0 Å². The summed E-state index contributed by atoms with van der Waals surface area (Å²) in [7, 11) is 1.43. The highest BCUT2D eigenvalue weighted by atomic mass is 35.5. The number of fused-ring (bicyclic) bond motifs is 1. The first-order valence-corrected chi connectivity index (χ1v) is 10.3. The van der Waals surface area contributed by atoms with Crippen molar-refractivity contribution in [3.63, 3.8) is 0 Å². The first-order valence-electron chi connectivity index (χ1n) is 9.14. The minimum atomic E-state index is -0.776. The SMILES string of the molecule is CN(CC(=O)NC(C)(C)C)C(=O)COC(=O)CNC(=O)c1sc2ccccc2c1Cl. The fourth-order valence-electron chi connectivity index (χ4n) is 2.46. The Balaban J connectivity index is 1.78. The van der Waals surface area contributed by atoms with Gasteiger partial charge < -0.3 is 20.3 Å². The molecule has 0 bridgehead atoms. The van der Waals surface area contributed by atoms with Gasteiger partial charge in [0.25, 0.3) is 11.8 Å². The van der Waals surface area contributed by atoms with Gasteiger partial charge in [0.2, 0.25) is 5.91 Å². The number of rotatable bonds is 7. The first kappa shape index (κ1) is 23.6. The highest BCUT2D eigenvalue weighted by Crippen LogP contribution is 2.34.